The first kappa shape index (κ1) is 12.5. The Morgan fingerprint density at radius 2 is 2.38 bits per heavy atom. The molecule has 16 heavy (non-hydrogen) atoms. The van der Waals surface area contributed by atoms with E-state index in [1.165, 1.54) is 0 Å². The van der Waals surface area contributed by atoms with Crippen LogP contribution >= 0.6 is 0 Å². The van der Waals surface area contributed by atoms with Gasteiger partial charge in [-0.25, -0.2) is 0 Å². The predicted octanol–water partition coefficient (Wildman–Crippen LogP) is 1.32. The van der Waals surface area contributed by atoms with Gasteiger partial charge in [0.25, 0.3) is 0 Å². The van der Waals surface area contributed by atoms with Crippen LogP contribution in [0.5, 0.6) is 0 Å². The maximum atomic E-state index is 11.6. The summed E-state index contributed by atoms with van der Waals surface area (Å²) in [6.07, 6.45) is 1.73. The zero-order valence-corrected chi connectivity index (χ0v) is 9.82. The maximum absolute atomic E-state index is 11.6. The van der Waals surface area contributed by atoms with E-state index >= 15 is 0 Å². The van der Waals surface area contributed by atoms with Crippen molar-refractivity contribution in [3.63, 3.8) is 0 Å². The Hall–Kier alpha value is -1.55. The maximum Gasteiger partial charge on any atom is 0.236 e. The molecule has 0 saturated carbocycles. The molecule has 1 N–H and O–H groups in total. The third kappa shape index (κ3) is 3.90. The Bertz CT molecular complexity index is 358. The second-order valence-corrected chi connectivity index (χ2v) is 3.68. The third-order valence-electron chi connectivity index (χ3n) is 2.18. The molecule has 1 amide bonds. The van der Waals surface area contributed by atoms with E-state index in [1.54, 1.807) is 18.0 Å². The highest BCUT2D eigenvalue weighted by molar-refractivity contribution is 5.77. The SMILES string of the molecule is C=CCNCC(=O)N(C)Cc1ccc(C)o1. The highest BCUT2D eigenvalue weighted by Crippen LogP contribution is 2.08. The van der Waals surface area contributed by atoms with Gasteiger partial charge in [-0.05, 0) is 19.1 Å². The number of aryl methyl sites for hydroxylation is 1. The van der Waals surface area contributed by atoms with Crippen LogP contribution in [-0.2, 0) is 11.3 Å². The van der Waals surface area contributed by atoms with Crippen LogP contribution in [-0.4, -0.2) is 30.9 Å². The molecule has 0 atom stereocenters. The van der Waals surface area contributed by atoms with Crippen LogP contribution < -0.4 is 5.32 Å². The molecule has 0 saturated heterocycles. The number of furan rings is 1. The van der Waals surface area contributed by atoms with Crippen molar-refractivity contribution in [1.29, 1.82) is 0 Å². The second-order valence-electron chi connectivity index (χ2n) is 3.68. The van der Waals surface area contributed by atoms with Gasteiger partial charge in [-0.2, -0.15) is 0 Å². The van der Waals surface area contributed by atoms with Crippen LogP contribution in [0.15, 0.2) is 29.2 Å². The van der Waals surface area contributed by atoms with Crippen molar-refractivity contribution in [3.8, 4) is 0 Å². The summed E-state index contributed by atoms with van der Waals surface area (Å²) in [5, 5.41) is 2.97. The topological polar surface area (TPSA) is 45.5 Å². The Morgan fingerprint density at radius 3 is 2.94 bits per heavy atom. The van der Waals surface area contributed by atoms with E-state index in [2.05, 4.69) is 11.9 Å². The van der Waals surface area contributed by atoms with Gasteiger partial charge in [0.2, 0.25) is 5.91 Å². The lowest BCUT2D eigenvalue weighted by Crippen LogP contribution is -2.35. The molecule has 1 aromatic heterocycles. The number of hydrogen-bond acceptors (Lipinski definition) is 3. The molecule has 1 heterocycles. The van der Waals surface area contributed by atoms with Crippen LogP contribution in [0.3, 0.4) is 0 Å². The Morgan fingerprint density at radius 1 is 1.62 bits per heavy atom. The molecule has 0 unspecified atom stereocenters. The van der Waals surface area contributed by atoms with Crippen LogP contribution in [0.4, 0.5) is 0 Å². The van der Waals surface area contributed by atoms with Gasteiger partial charge < -0.3 is 14.6 Å². The lowest BCUT2D eigenvalue weighted by Gasteiger charge is -2.15. The van der Waals surface area contributed by atoms with E-state index in [9.17, 15) is 4.79 Å². The molecule has 1 aromatic rings. The normalized spacial score (nSPS) is 10.1. The summed E-state index contributed by atoms with van der Waals surface area (Å²) in [5.41, 5.74) is 0. The Kier molecular flexibility index (Phi) is 4.79. The van der Waals surface area contributed by atoms with Gasteiger partial charge >= 0.3 is 0 Å². The van der Waals surface area contributed by atoms with Crippen molar-refractivity contribution >= 4 is 5.91 Å². The number of likely N-dealkylation sites (N-methyl/N-ethyl adjacent to an activating group) is 1. The molecule has 0 aromatic carbocycles. The molecule has 4 nitrogen and oxygen atoms in total. The lowest BCUT2D eigenvalue weighted by molar-refractivity contribution is -0.129. The summed E-state index contributed by atoms with van der Waals surface area (Å²) in [7, 11) is 1.76. The van der Waals surface area contributed by atoms with Crippen LogP contribution in [0, 0.1) is 6.92 Å². The van der Waals surface area contributed by atoms with Crippen LogP contribution in [0.1, 0.15) is 11.5 Å². The highest BCUT2D eigenvalue weighted by Gasteiger charge is 2.10. The van der Waals surface area contributed by atoms with E-state index in [1.807, 2.05) is 19.1 Å². The molecule has 0 aliphatic rings. The fourth-order valence-corrected chi connectivity index (χ4v) is 1.31. The van der Waals surface area contributed by atoms with Crippen molar-refractivity contribution in [1.82, 2.24) is 10.2 Å². The van der Waals surface area contributed by atoms with Crippen molar-refractivity contribution in [2.45, 2.75) is 13.5 Å². The standard InChI is InChI=1S/C12H18N2O2/c1-4-7-13-8-12(15)14(3)9-11-6-5-10(2)16-11/h4-6,13H,1,7-9H2,2-3H3. The van der Waals surface area contributed by atoms with E-state index < -0.39 is 0 Å². The third-order valence-corrected chi connectivity index (χ3v) is 2.18. The highest BCUT2D eigenvalue weighted by atomic mass is 16.3. The van der Waals surface area contributed by atoms with Crippen molar-refractivity contribution in [3.05, 3.63) is 36.3 Å². The van der Waals surface area contributed by atoms with Gasteiger partial charge in [-0.15, -0.1) is 6.58 Å². The van der Waals surface area contributed by atoms with E-state index in [0.717, 1.165) is 11.5 Å². The number of amides is 1. The molecule has 4 heteroatoms. The fourth-order valence-electron chi connectivity index (χ4n) is 1.31. The molecule has 1 rings (SSSR count). The first-order valence-corrected chi connectivity index (χ1v) is 5.24. The molecule has 0 spiro atoms. The minimum absolute atomic E-state index is 0.0379. The number of nitrogens with zero attached hydrogens (tertiary/aromatic N) is 1. The summed E-state index contributed by atoms with van der Waals surface area (Å²) < 4.78 is 5.40. The molecular weight excluding hydrogens is 204 g/mol. The largest absolute Gasteiger partial charge is 0.464 e. The minimum atomic E-state index is 0.0379. The van der Waals surface area contributed by atoms with Gasteiger partial charge in [0.1, 0.15) is 11.5 Å². The molecule has 0 bridgehead atoms. The molecule has 0 aliphatic heterocycles. The van der Waals surface area contributed by atoms with E-state index in [-0.39, 0.29) is 5.91 Å². The van der Waals surface area contributed by atoms with Crippen molar-refractivity contribution in [2.24, 2.45) is 0 Å². The number of hydrogen-bond donors (Lipinski definition) is 1. The van der Waals surface area contributed by atoms with Crippen molar-refractivity contribution in [2.75, 3.05) is 20.1 Å². The zero-order valence-electron chi connectivity index (χ0n) is 9.82. The van der Waals surface area contributed by atoms with Gasteiger partial charge in [-0.1, -0.05) is 6.08 Å². The Labute approximate surface area is 95.9 Å². The van der Waals surface area contributed by atoms with Gasteiger partial charge in [0.05, 0.1) is 13.1 Å². The van der Waals surface area contributed by atoms with Gasteiger partial charge in [0, 0.05) is 13.6 Å². The Balaban J connectivity index is 2.36. The average Bonchev–Trinajstić information content (AvgIpc) is 2.64. The molecule has 88 valence electrons. The molecule has 0 aliphatic carbocycles. The van der Waals surface area contributed by atoms with E-state index in [0.29, 0.717) is 19.6 Å². The van der Waals surface area contributed by atoms with Gasteiger partial charge in [0.15, 0.2) is 0 Å². The number of carbonyl (C=O) groups is 1. The zero-order chi connectivity index (χ0) is 12.0. The van der Waals surface area contributed by atoms with Gasteiger partial charge in [-0.3, -0.25) is 4.79 Å². The number of rotatable bonds is 6. The minimum Gasteiger partial charge on any atom is -0.464 e. The second kappa shape index (κ2) is 6.12. The first-order chi connectivity index (χ1) is 7.63. The summed E-state index contributed by atoms with van der Waals surface area (Å²) in [6.45, 7) is 6.92. The van der Waals surface area contributed by atoms with Crippen molar-refractivity contribution < 1.29 is 9.21 Å². The van der Waals surface area contributed by atoms with Crippen LogP contribution in [0.25, 0.3) is 0 Å². The summed E-state index contributed by atoms with van der Waals surface area (Å²) >= 11 is 0. The number of carbonyl (C=O) groups excluding carboxylic acids is 1. The van der Waals surface area contributed by atoms with Crippen LogP contribution in [0.2, 0.25) is 0 Å². The quantitative estimate of drug-likeness (QED) is 0.583. The predicted molar refractivity (Wildman–Crippen MR) is 63.0 cm³/mol. The number of nitrogens with one attached hydrogen (secondary N) is 1. The lowest BCUT2D eigenvalue weighted by atomic mass is 10.4. The average molecular weight is 222 g/mol. The summed E-state index contributed by atoms with van der Waals surface area (Å²) in [6, 6.07) is 3.78. The smallest absolute Gasteiger partial charge is 0.236 e. The summed E-state index contributed by atoms with van der Waals surface area (Å²) in [4.78, 5) is 13.2. The first-order valence-electron chi connectivity index (χ1n) is 5.24. The fraction of sp³-hybridized carbons (Fsp3) is 0.417. The molecular formula is C12H18N2O2. The van der Waals surface area contributed by atoms with E-state index in [4.69, 9.17) is 4.42 Å². The molecule has 0 radical (unpaired) electrons. The summed E-state index contributed by atoms with van der Waals surface area (Å²) in [5.74, 6) is 1.70. The monoisotopic (exact) mass is 222 g/mol. The molecule has 0 fully saturated rings.